The summed E-state index contributed by atoms with van der Waals surface area (Å²) in [6, 6.07) is 3.60. The molecule has 0 spiro atoms. The predicted octanol–water partition coefficient (Wildman–Crippen LogP) is 2.34. The molecule has 3 unspecified atom stereocenters. The van der Waals surface area contributed by atoms with Crippen molar-refractivity contribution in [2.75, 3.05) is 0 Å². The summed E-state index contributed by atoms with van der Waals surface area (Å²) in [5.74, 6) is -6.89. The van der Waals surface area contributed by atoms with E-state index in [4.69, 9.17) is 14.6 Å². The third kappa shape index (κ3) is 14.2. The molecule has 1 aromatic rings. The van der Waals surface area contributed by atoms with Crippen molar-refractivity contribution in [1.29, 1.82) is 0 Å². The number of hydrogen-bond acceptors (Lipinski definition) is 8. The predicted molar refractivity (Wildman–Crippen MR) is 141 cm³/mol. The van der Waals surface area contributed by atoms with Gasteiger partial charge >= 0.3 is 18.0 Å². The molecule has 0 aliphatic heterocycles. The van der Waals surface area contributed by atoms with Gasteiger partial charge in [0, 0.05) is 6.42 Å². The second kappa shape index (κ2) is 16.2. The van der Waals surface area contributed by atoms with E-state index in [0.29, 0.717) is 5.56 Å². The maximum absolute atomic E-state index is 13.2. The zero-order valence-electron chi connectivity index (χ0n) is 23.6. The van der Waals surface area contributed by atoms with Crippen molar-refractivity contribution >= 4 is 35.6 Å². The Hall–Kier alpha value is -4.10. The number of alkyl carbamates (subject to hydrolysis) is 1. The number of hydrogen-bond donors (Lipinski definition) is 4. The van der Waals surface area contributed by atoms with Crippen LogP contribution in [0.5, 0.6) is 0 Å². The van der Waals surface area contributed by atoms with Gasteiger partial charge in [0.25, 0.3) is 5.78 Å². The summed E-state index contributed by atoms with van der Waals surface area (Å²) in [4.78, 5) is 74.0. The van der Waals surface area contributed by atoms with E-state index in [1.54, 1.807) is 65.0 Å². The van der Waals surface area contributed by atoms with Crippen LogP contribution in [0.3, 0.4) is 0 Å². The van der Waals surface area contributed by atoms with Gasteiger partial charge in [0.05, 0.1) is 6.42 Å². The molecule has 14 heteroatoms. The molecular weight excluding hydrogens is 548 g/mol. The van der Waals surface area contributed by atoms with Gasteiger partial charge in [-0.2, -0.15) is 0 Å². The van der Waals surface area contributed by atoms with Crippen molar-refractivity contribution in [3.05, 3.63) is 35.9 Å². The molecule has 1 rings (SSSR count). The minimum absolute atomic E-state index is 0.0577. The molecule has 0 radical (unpaired) electrons. The Bertz CT molecular complexity index is 1080. The van der Waals surface area contributed by atoms with Gasteiger partial charge in [0.15, 0.2) is 0 Å². The molecule has 0 bridgehead atoms. The van der Waals surface area contributed by atoms with E-state index in [-0.39, 0.29) is 18.9 Å². The van der Waals surface area contributed by atoms with Crippen LogP contribution in [-0.2, 0) is 40.1 Å². The average molecular weight is 586 g/mol. The van der Waals surface area contributed by atoms with Crippen molar-refractivity contribution in [3.63, 3.8) is 0 Å². The van der Waals surface area contributed by atoms with Gasteiger partial charge in [-0.25, -0.2) is 18.4 Å². The van der Waals surface area contributed by atoms with Crippen LogP contribution in [0.25, 0.3) is 0 Å². The second-order valence-electron chi connectivity index (χ2n) is 10.6. The van der Waals surface area contributed by atoms with Crippen LogP contribution in [0.2, 0.25) is 0 Å². The monoisotopic (exact) mass is 585 g/mol. The Kier molecular flexibility index (Phi) is 13.8. The van der Waals surface area contributed by atoms with Gasteiger partial charge < -0.3 is 30.5 Å². The summed E-state index contributed by atoms with van der Waals surface area (Å²) >= 11 is 0. The van der Waals surface area contributed by atoms with Gasteiger partial charge in [0.2, 0.25) is 18.2 Å². The molecule has 0 aliphatic carbocycles. The lowest BCUT2D eigenvalue weighted by atomic mass is 10.0. The van der Waals surface area contributed by atoms with Crippen molar-refractivity contribution in [2.45, 2.75) is 90.6 Å². The zero-order chi connectivity index (χ0) is 31.3. The Labute approximate surface area is 236 Å². The standard InChI is InChI=1S/C27H37F2N3O9/c1-15(2)11-18(23(35)30-17(12-20(28)29)22(34)25(37)38)31-24(36)19(32-26(39)41-27(3,4)5)13-21(33)40-14-16-9-7-6-8-10-16/h6-10,15,17-20H,11-14H2,1-5H3,(H,30,35)(H,31,36)(H,32,39)(H,37,38). The lowest BCUT2D eigenvalue weighted by molar-refractivity contribution is -0.151. The highest BCUT2D eigenvalue weighted by Gasteiger charge is 2.34. The minimum atomic E-state index is -3.11. The van der Waals surface area contributed by atoms with Crippen molar-refractivity contribution in [3.8, 4) is 0 Å². The van der Waals surface area contributed by atoms with Crippen LogP contribution >= 0.6 is 0 Å². The number of ketones is 1. The fourth-order valence-electron chi connectivity index (χ4n) is 3.43. The first kappa shape index (κ1) is 34.9. The summed E-state index contributed by atoms with van der Waals surface area (Å²) in [7, 11) is 0. The summed E-state index contributed by atoms with van der Waals surface area (Å²) < 4.78 is 36.3. The molecular formula is C27H37F2N3O9. The normalized spacial score (nSPS) is 13.5. The molecule has 0 aliphatic rings. The molecule has 0 aromatic heterocycles. The summed E-state index contributed by atoms with van der Waals surface area (Å²) in [6.45, 7) is 7.99. The van der Waals surface area contributed by atoms with Crippen LogP contribution in [0.15, 0.2) is 30.3 Å². The van der Waals surface area contributed by atoms with E-state index in [2.05, 4.69) is 10.6 Å². The van der Waals surface area contributed by atoms with Gasteiger partial charge in [-0.3, -0.25) is 19.2 Å². The second-order valence-corrected chi connectivity index (χ2v) is 10.6. The maximum Gasteiger partial charge on any atom is 0.408 e. The van der Waals surface area contributed by atoms with Crippen LogP contribution in [0, 0.1) is 5.92 Å². The lowest BCUT2D eigenvalue weighted by Gasteiger charge is -2.26. The number of halogens is 2. The third-order valence-corrected chi connectivity index (χ3v) is 5.22. The number of carbonyl (C=O) groups is 6. The molecule has 3 amide bonds. The zero-order valence-corrected chi connectivity index (χ0v) is 23.6. The number of benzene rings is 1. The van der Waals surface area contributed by atoms with Crippen LogP contribution in [-0.4, -0.2) is 70.9 Å². The first-order valence-corrected chi connectivity index (χ1v) is 12.8. The molecule has 0 heterocycles. The highest BCUT2D eigenvalue weighted by Crippen LogP contribution is 2.12. The summed E-state index contributed by atoms with van der Waals surface area (Å²) in [6.07, 6.45) is -6.11. The number of esters is 1. The lowest BCUT2D eigenvalue weighted by Crippen LogP contribution is -2.57. The largest absolute Gasteiger partial charge is 0.475 e. The van der Waals surface area contributed by atoms with Crippen LogP contribution in [0.1, 0.15) is 59.4 Å². The SMILES string of the molecule is CC(C)CC(NC(=O)C(CC(=O)OCc1ccccc1)NC(=O)OC(C)(C)C)C(=O)NC(CC(F)F)C(=O)C(=O)O. The van der Waals surface area contributed by atoms with E-state index >= 15 is 0 Å². The van der Waals surface area contributed by atoms with Gasteiger partial charge in [0.1, 0.15) is 30.3 Å². The quantitative estimate of drug-likeness (QED) is 0.178. The Balaban J connectivity index is 3.12. The topological polar surface area (TPSA) is 177 Å². The molecule has 12 nitrogen and oxygen atoms in total. The van der Waals surface area contributed by atoms with Gasteiger partial charge in [-0.05, 0) is 38.7 Å². The van der Waals surface area contributed by atoms with E-state index < -0.39 is 78.6 Å². The number of carboxylic acids is 1. The fourth-order valence-corrected chi connectivity index (χ4v) is 3.43. The number of nitrogens with one attached hydrogen (secondary N) is 3. The number of Topliss-reactive ketones (excluding diaryl/α,β-unsaturated/α-hetero) is 1. The average Bonchev–Trinajstić information content (AvgIpc) is 2.84. The Morgan fingerprint density at radius 1 is 0.854 bits per heavy atom. The smallest absolute Gasteiger partial charge is 0.408 e. The third-order valence-electron chi connectivity index (χ3n) is 5.22. The van der Waals surface area contributed by atoms with E-state index in [1.807, 2.05) is 5.32 Å². The fraction of sp³-hybridized carbons (Fsp3) is 0.556. The van der Waals surface area contributed by atoms with E-state index in [1.165, 1.54) is 0 Å². The minimum Gasteiger partial charge on any atom is -0.475 e. The highest BCUT2D eigenvalue weighted by molar-refractivity contribution is 6.35. The Morgan fingerprint density at radius 2 is 1.41 bits per heavy atom. The van der Waals surface area contributed by atoms with Crippen molar-refractivity contribution in [2.24, 2.45) is 5.92 Å². The number of ether oxygens (including phenoxy) is 2. The Morgan fingerprint density at radius 3 is 1.93 bits per heavy atom. The molecule has 228 valence electrons. The number of carboxylic acid groups (broad SMARTS) is 1. The molecule has 1 aromatic carbocycles. The first-order valence-electron chi connectivity index (χ1n) is 12.8. The summed E-state index contributed by atoms with van der Waals surface area (Å²) in [5.41, 5.74) is -0.278. The molecule has 0 saturated heterocycles. The first-order chi connectivity index (χ1) is 19.0. The van der Waals surface area contributed by atoms with Crippen molar-refractivity contribution < 1.29 is 52.1 Å². The van der Waals surface area contributed by atoms with Gasteiger partial charge in [-0.15, -0.1) is 0 Å². The highest BCUT2D eigenvalue weighted by atomic mass is 19.3. The molecule has 41 heavy (non-hydrogen) atoms. The molecule has 4 N–H and O–H groups in total. The maximum atomic E-state index is 13.2. The van der Waals surface area contributed by atoms with Gasteiger partial charge in [-0.1, -0.05) is 44.2 Å². The number of amides is 3. The van der Waals surface area contributed by atoms with Crippen LogP contribution < -0.4 is 16.0 Å². The van der Waals surface area contributed by atoms with Crippen molar-refractivity contribution in [1.82, 2.24) is 16.0 Å². The van der Waals surface area contributed by atoms with Crippen LogP contribution in [0.4, 0.5) is 13.6 Å². The van der Waals surface area contributed by atoms with E-state index in [0.717, 1.165) is 0 Å². The van der Waals surface area contributed by atoms with E-state index in [9.17, 15) is 37.5 Å². The number of aliphatic carboxylic acids is 1. The number of alkyl halides is 2. The number of carbonyl (C=O) groups excluding carboxylic acids is 5. The summed E-state index contributed by atoms with van der Waals surface area (Å²) in [5, 5.41) is 15.5. The molecule has 0 fully saturated rings. The number of rotatable bonds is 15. The molecule has 3 atom stereocenters. The molecule has 0 saturated carbocycles.